The molecule has 0 aliphatic carbocycles. The first-order valence-electron chi connectivity index (χ1n) is 19.5. The fraction of sp³-hybridized carbons (Fsp3) is 0.333. The van der Waals surface area contributed by atoms with E-state index in [1.165, 1.54) is 27.9 Å². The van der Waals surface area contributed by atoms with Crippen LogP contribution in [0, 0.1) is 5.82 Å². The molecule has 3 aromatic carbocycles. The molecule has 2 N–H and O–H groups in total. The van der Waals surface area contributed by atoms with Crippen molar-refractivity contribution in [2.45, 2.75) is 69.9 Å². The Hall–Kier alpha value is -5.93. The molecule has 0 saturated carbocycles. The van der Waals surface area contributed by atoms with Crippen LogP contribution in [0.1, 0.15) is 64.6 Å². The minimum atomic E-state index is -1.04. The van der Waals surface area contributed by atoms with Gasteiger partial charge >= 0.3 is 6.03 Å². The minimum absolute atomic E-state index is 0.0401. The van der Waals surface area contributed by atoms with Crippen molar-refractivity contribution >= 4 is 51.6 Å². The molecule has 290 valence electrons. The zero-order chi connectivity index (χ0) is 38.8. The number of benzene rings is 3. The molecule has 3 saturated heterocycles. The summed E-state index contributed by atoms with van der Waals surface area (Å²) >= 11 is 1.29. The molecular weight excluding hydrogens is 746 g/mol. The molecular formula is C42H40FN9O4S. The molecule has 2 aromatic heterocycles. The van der Waals surface area contributed by atoms with Crippen LogP contribution in [0.15, 0.2) is 78.6 Å². The van der Waals surface area contributed by atoms with E-state index in [9.17, 15) is 19.2 Å². The molecule has 2 bridgehead atoms. The third kappa shape index (κ3) is 6.44. The van der Waals surface area contributed by atoms with Gasteiger partial charge in [0.2, 0.25) is 5.91 Å². The summed E-state index contributed by atoms with van der Waals surface area (Å²) in [7, 11) is 0. The molecule has 0 spiro atoms. The topological polar surface area (TPSA) is 136 Å². The number of rotatable bonds is 9. The van der Waals surface area contributed by atoms with E-state index in [0.717, 1.165) is 74.5 Å². The highest BCUT2D eigenvalue weighted by atomic mass is 32.1. The maximum atomic E-state index is 16.0. The zero-order valence-electron chi connectivity index (χ0n) is 31.1. The normalized spacial score (nSPS) is 20.9. The molecule has 15 heteroatoms. The highest BCUT2D eigenvalue weighted by molar-refractivity contribution is 7.13. The Balaban J connectivity index is 0.828. The van der Waals surface area contributed by atoms with Crippen molar-refractivity contribution in [3.8, 4) is 11.1 Å². The fourth-order valence-electron chi connectivity index (χ4n) is 9.29. The molecule has 5 aliphatic heterocycles. The number of fused-ring (bicyclic) bond motifs is 4. The number of piperazine rings is 1. The number of anilines is 3. The molecule has 57 heavy (non-hydrogen) atoms. The first kappa shape index (κ1) is 35.5. The lowest BCUT2D eigenvalue weighted by Crippen LogP contribution is -2.53. The average Bonchev–Trinajstić information content (AvgIpc) is 4.05. The highest BCUT2D eigenvalue weighted by Gasteiger charge is 2.43. The van der Waals surface area contributed by atoms with Gasteiger partial charge in [-0.25, -0.2) is 19.2 Å². The summed E-state index contributed by atoms with van der Waals surface area (Å²) in [4.78, 5) is 68.7. The van der Waals surface area contributed by atoms with E-state index in [4.69, 9.17) is 0 Å². The Labute approximate surface area is 332 Å². The Kier molecular flexibility index (Phi) is 8.85. The summed E-state index contributed by atoms with van der Waals surface area (Å²) < 4.78 is 18.0. The van der Waals surface area contributed by atoms with E-state index in [1.807, 2.05) is 28.8 Å². The molecule has 5 aromatic rings. The van der Waals surface area contributed by atoms with Crippen molar-refractivity contribution in [1.29, 1.82) is 0 Å². The van der Waals surface area contributed by atoms with Crippen molar-refractivity contribution in [3.05, 3.63) is 112 Å². The number of amides is 5. The number of hydrogen-bond acceptors (Lipinski definition) is 9. The van der Waals surface area contributed by atoms with Crippen LogP contribution in [0.4, 0.5) is 25.7 Å². The highest BCUT2D eigenvalue weighted by Crippen LogP contribution is 2.39. The number of imidazole rings is 1. The Morgan fingerprint density at radius 3 is 2.44 bits per heavy atom. The maximum Gasteiger partial charge on any atom is 0.328 e. The number of carbonyl (C=O) groups excluding carboxylic acids is 4. The summed E-state index contributed by atoms with van der Waals surface area (Å²) in [6.45, 7) is 3.76. The number of halogens is 1. The summed E-state index contributed by atoms with van der Waals surface area (Å²) in [5, 5.41) is 7.42. The van der Waals surface area contributed by atoms with E-state index in [2.05, 4.69) is 54.7 Å². The number of nitrogens with one attached hydrogen (secondary N) is 2. The second-order valence-electron chi connectivity index (χ2n) is 15.5. The second kappa shape index (κ2) is 14.2. The first-order valence-corrected chi connectivity index (χ1v) is 20.3. The van der Waals surface area contributed by atoms with Crippen molar-refractivity contribution in [2.24, 2.45) is 0 Å². The van der Waals surface area contributed by atoms with Crippen LogP contribution in [0.3, 0.4) is 0 Å². The van der Waals surface area contributed by atoms with Gasteiger partial charge in [-0.05, 0) is 78.8 Å². The molecule has 3 unspecified atom stereocenters. The van der Waals surface area contributed by atoms with E-state index in [-0.39, 0.29) is 29.6 Å². The molecule has 13 nitrogen and oxygen atoms in total. The first-order chi connectivity index (χ1) is 27.8. The van der Waals surface area contributed by atoms with Gasteiger partial charge in [-0.1, -0.05) is 24.3 Å². The SMILES string of the molecule is O=C1CCN(c2ccc(CN3C4CCC3CN(c3ccc(-c5cc(F)c6c(c5)C(=O)N(C(C(=O)Nc5nccs5)c5ncn7c5CCC7)C6)cc3)C4)cc2)C(=O)N1. The molecule has 0 radical (unpaired) electrons. The van der Waals surface area contributed by atoms with Crippen LogP contribution in [-0.4, -0.2) is 79.8 Å². The summed E-state index contributed by atoms with van der Waals surface area (Å²) in [5.41, 5.74) is 6.45. The lowest BCUT2D eigenvalue weighted by atomic mass is 9.99. The lowest BCUT2D eigenvalue weighted by Gasteiger charge is -2.42. The standard InChI is InChI=1S/C42H40FN9O4S/c43-34-19-27(18-32-33(34)23-52(40(32)55)38(39(54)47-41-44-14-17-57-41)37-35-2-1-15-48(35)24-45-37)26-5-9-28(10-6-26)49-21-30-11-12-31(22-49)51(30)20-25-3-7-29(8-4-25)50-16-13-36(53)46-42(50)56/h3-10,14,17-19,24,30-31,38H,1-2,11-13,15-16,20-23H2,(H,44,47,54)(H,46,53,56). The van der Waals surface area contributed by atoms with E-state index in [0.29, 0.717) is 41.4 Å². The van der Waals surface area contributed by atoms with Gasteiger partial charge in [0.05, 0.1) is 18.6 Å². The van der Waals surface area contributed by atoms with Crippen molar-refractivity contribution in [2.75, 3.05) is 34.8 Å². The zero-order valence-corrected chi connectivity index (χ0v) is 31.9. The Morgan fingerprint density at radius 2 is 1.70 bits per heavy atom. The van der Waals surface area contributed by atoms with Crippen molar-refractivity contribution < 1.29 is 23.6 Å². The summed E-state index contributed by atoms with van der Waals surface area (Å²) in [6, 6.07) is 18.8. The Morgan fingerprint density at radius 1 is 0.930 bits per heavy atom. The van der Waals surface area contributed by atoms with Gasteiger partial charge in [0.1, 0.15) is 5.82 Å². The van der Waals surface area contributed by atoms with E-state index >= 15 is 4.39 Å². The van der Waals surface area contributed by atoms with Crippen LogP contribution < -0.4 is 20.4 Å². The molecule has 5 amide bonds. The van der Waals surface area contributed by atoms with Gasteiger partial charge in [0.15, 0.2) is 11.2 Å². The molecule has 10 rings (SSSR count). The number of aryl methyl sites for hydroxylation is 1. The molecule has 7 heterocycles. The minimum Gasteiger partial charge on any atom is -0.368 e. The van der Waals surface area contributed by atoms with Crippen LogP contribution in [-0.2, 0) is 35.6 Å². The van der Waals surface area contributed by atoms with Gasteiger partial charge in [0, 0.05) is 91.0 Å². The van der Waals surface area contributed by atoms with Crippen molar-refractivity contribution in [1.82, 2.24) is 29.7 Å². The van der Waals surface area contributed by atoms with Crippen LogP contribution in [0.5, 0.6) is 0 Å². The van der Waals surface area contributed by atoms with Crippen LogP contribution in [0.25, 0.3) is 11.1 Å². The average molecular weight is 786 g/mol. The van der Waals surface area contributed by atoms with E-state index < -0.39 is 23.7 Å². The van der Waals surface area contributed by atoms with Crippen molar-refractivity contribution in [3.63, 3.8) is 0 Å². The van der Waals surface area contributed by atoms with Gasteiger partial charge in [-0.2, -0.15) is 0 Å². The van der Waals surface area contributed by atoms with Gasteiger partial charge in [-0.15, -0.1) is 11.3 Å². The third-order valence-electron chi connectivity index (χ3n) is 12.2. The molecule has 3 atom stereocenters. The maximum absolute atomic E-state index is 16.0. The monoisotopic (exact) mass is 785 g/mol. The lowest BCUT2D eigenvalue weighted by molar-refractivity contribution is -0.121. The van der Waals surface area contributed by atoms with E-state index in [1.54, 1.807) is 28.9 Å². The number of nitrogens with zero attached hydrogens (tertiary/aromatic N) is 7. The predicted octanol–water partition coefficient (Wildman–Crippen LogP) is 5.73. The number of carbonyl (C=O) groups is 4. The predicted molar refractivity (Wildman–Crippen MR) is 212 cm³/mol. The van der Waals surface area contributed by atoms with Gasteiger partial charge in [-0.3, -0.25) is 34.8 Å². The smallest absolute Gasteiger partial charge is 0.328 e. The fourth-order valence-corrected chi connectivity index (χ4v) is 9.82. The van der Waals surface area contributed by atoms with Gasteiger partial charge in [0.25, 0.3) is 11.8 Å². The summed E-state index contributed by atoms with van der Waals surface area (Å²) in [6.07, 6.45) is 7.53. The summed E-state index contributed by atoms with van der Waals surface area (Å²) in [5.74, 6) is -1.55. The molecule has 3 fully saturated rings. The second-order valence-corrected chi connectivity index (χ2v) is 16.3. The molecule has 5 aliphatic rings. The number of urea groups is 1. The quantitative estimate of drug-likeness (QED) is 0.194. The largest absolute Gasteiger partial charge is 0.368 e. The Bertz CT molecular complexity index is 2390. The number of aromatic nitrogens is 3. The third-order valence-corrected chi connectivity index (χ3v) is 12.8. The number of hydrogen-bond donors (Lipinski definition) is 2. The van der Waals surface area contributed by atoms with Crippen LogP contribution in [0.2, 0.25) is 0 Å². The number of imide groups is 1. The van der Waals surface area contributed by atoms with Gasteiger partial charge < -0.3 is 14.4 Å². The number of thiazole rings is 1. The van der Waals surface area contributed by atoms with Crippen LogP contribution >= 0.6 is 11.3 Å².